The molecule has 0 saturated heterocycles. The van der Waals surface area contributed by atoms with Gasteiger partial charge in [-0.15, -0.1) is 0 Å². The van der Waals surface area contributed by atoms with Crippen LogP contribution < -0.4 is 15.6 Å². The number of nitrogens with one attached hydrogen (secondary N) is 1. The van der Waals surface area contributed by atoms with Crippen molar-refractivity contribution in [3.63, 3.8) is 0 Å². The number of benzene rings is 2. The molecule has 0 spiro atoms. The smallest absolute Gasteiger partial charge is 0.265 e. The number of aromatic nitrogens is 4. The first kappa shape index (κ1) is 21.3. The largest absolute Gasteiger partial charge is 0.497 e. The van der Waals surface area contributed by atoms with Crippen LogP contribution in [0, 0.1) is 0 Å². The lowest BCUT2D eigenvalue weighted by Crippen LogP contribution is -2.31. The van der Waals surface area contributed by atoms with E-state index in [9.17, 15) is 9.59 Å². The number of hydrogen-bond donors (Lipinski definition) is 1. The van der Waals surface area contributed by atoms with E-state index in [-0.39, 0.29) is 23.9 Å². The number of rotatable bonds is 7. The molecule has 9 heteroatoms. The van der Waals surface area contributed by atoms with Crippen LogP contribution in [0.3, 0.4) is 0 Å². The lowest BCUT2D eigenvalue weighted by Gasteiger charge is -2.13. The monoisotopic (exact) mass is 461 g/mol. The molecule has 3 heterocycles. The molecular weight excluding hydrogens is 438 g/mol. The third kappa shape index (κ3) is 4.23. The third-order valence-electron chi connectivity index (χ3n) is 5.66. The first-order valence-electron chi connectivity index (χ1n) is 10.7. The molecule has 0 fully saturated rings. The number of ether oxygens (including phenoxy) is 1. The zero-order chi connectivity index (χ0) is 22.8. The van der Waals surface area contributed by atoms with Gasteiger partial charge in [0.2, 0.25) is 5.91 Å². The minimum absolute atomic E-state index is 0.0803. The lowest BCUT2D eigenvalue weighted by atomic mass is 10.1. The molecule has 1 unspecified atom stereocenters. The van der Waals surface area contributed by atoms with Crippen LogP contribution in [0.1, 0.15) is 18.0 Å². The van der Waals surface area contributed by atoms with Crippen LogP contribution in [0.15, 0.2) is 70.7 Å². The lowest BCUT2D eigenvalue weighted by molar-refractivity contribution is -0.121. The molecule has 0 saturated carbocycles. The topological polar surface area (TPSA) is 91.0 Å². The molecule has 0 radical (unpaired) electrons. The summed E-state index contributed by atoms with van der Waals surface area (Å²) < 4.78 is 8.56. The number of fused-ring (bicyclic) bond motifs is 2. The van der Waals surface area contributed by atoms with E-state index in [0.29, 0.717) is 34.9 Å². The highest BCUT2D eigenvalue weighted by molar-refractivity contribution is 7.99. The Balaban J connectivity index is 1.29. The van der Waals surface area contributed by atoms with Crippen LogP contribution in [-0.2, 0) is 11.2 Å². The van der Waals surface area contributed by atoms with E-state index in [0.717, 1.165) is 17.0 Å². The van der Waals surface area contributed by atoms with Crippen LogP contribution in [0.4, 0.5) is 0 Å². The number of nitrogens with zero attached hydrogens (tertiary/aromatic N) is 4. The molecule has 0 bridgehead atoms. The summed E-state index contributed by atoms with van der Waals surface area (Å²) in [6, 6.07) is 17.2. The zero-order valence-electron chi connectivity index (χ0n) is 18.1. The Labute approximate surface area is 194 Å². The van der Waals surface area contributed by atoms with Gasteiger partial charge in [-0.25, -0.2) is 9.67 Å². The number of carbonyl (C=O) groups is 1. The zero-order valence-corrected chi connectivity index (χ0v) is 18.9. The van der Waals surface area contributed by atoms with E-state index in [2.05, 4.69) is 10.4 Å². The first-order chi connectivity index (χ1) is 16.1. The molecule has 33 heavy (non-hydrogen) atoms. The summed E-state index contributed by atoms with van der Waals surface area (Å²) in [4.78, 5) is 30.5. The second kappa shape index (κ2) is 9.11. The molecule has 8 nitrogen and oxygen atoms in total. The maximum atomic E-state index is 13.2. The fourth-order valence-electron chi connectivity index (χ4n) is 4.00. The van der Waals surface area contributed by atoms with Gasteiger partial charge in [-0.05, 0) is 36.2 Å². The molecule has 1 N–H and O–H groups in total. The van der Waals surface area contributed by atoms with Gasteiger partial charge in [0, 0.05) is 18.7 Å². The van der Waals surface area contributed by atoms with E-state index < -0.39 is 0 Å². The summed E-state index contributed by atoms with van der Waals surface area (Å²) in [7, 11) is 1.63. The van der Waals surface area contributed by atoms with Crippen molar-refractivity contribution >= 4 is 28.7 Å². The van der Waals surface area contributed by atoms with Gasteiger partial charge in [0.05, 0.1) is 25.0 Å². The van der Waals surface area contributed by atoms with Crippen LogP contribution >= 0.6 is 11.8 Å². The van der Waals surface area contributed by atoms with E-state index in [1.807, 2.05) is 54.6 Å². The normalized spacial score (nSPS) is 14.9. The van der Waals surface area contributed by atoms with E-state index in [4.69, 9.17) is 9.72 Å². The number of hydrogen-bond acceptors (Lipinski definition) is 6. The Morgan fingerprint density at radius 1 is 1.21 bits per heavy atom. The minimum atomic E-state index is -0.230. The van der Waals surface area contributed by atoms with Crippen molar-refractivity contribution in [3.8, 4) is 11.4 Å². The summed E-state index contributed by atoms with van der Waals surface area (Å²) in [6.45, 7) is 0.523. The SMILES string of the molecule is COc1cccc(CCNC(=O)CC2CSc3nc4c(cnn4-c4ccccc4)c(=O)n32)c1. The van der Waals surface area contributed by atoms with Crippen molar-refractivity contribution in [3.05, 3.63) is 76.7 Å². The average Bonchev–Trinajstić information content (AvgIpc) is 3.45. The molecule has 4 aromatic rings. The van der Waals surface area contributed by atoms with Gasteiger partial charge in [0.1, 0.15) is 11.1 Å². The van der Waals surface area contributed by atoms with E-state index >= 15 is 0 Å². The van der Waals surface area contributed by atoms with Crippen LogP contribution in [0.2, 0.25) is 0 Å². The molecule has 0 aliphatic carbocycles. The second-order valence-corrected chi connectivity index (χ2v) is 8.81. The van der Waals surface area contributed by atoms with Gasteiger partial charge < -0.3 is 10.1 Å². The van der Waals surface area contributed by atoms with Crippen LogP contribution in [0.5, 0.6) is 5.75 Å². The molecule has 2 aromatic carbocycles. The molecule has 1 aliphatic heterocycles. The summed E-state index contributed by atoms with van der Waals surface area (Å²) in [5.74, 6) is 1.35. The van der Waals surface area contributed by atoms with Crippen molar-refractivity contribution < 1.29 is 9.53 Å². The van der Waals surface area contributed by atoms with Crippen molar-refractivity contribution in [2.24, 2.45) is 0 Å². The Bertz CT molecular complexity index is 1370. The molecule has 1 atom stereocenters. The van der Waals surface area contributed by atoms with Crippen LogP contribution in [-0.4, -0.2) is 44.6 Å². The molecule has 2 aromatic heterocycles. The number of carbonyl (C=O) groups excluding carboxylic acids is 1. The van der Waals surface area contributed by atoms with E-state index in [1.54, 1.807) is 22.6 Å². The van der Waals surface area contributed by atoms with Gasteiger partial charge in [-0.1, -0.05) is 42.1 Å². The fraction of sp³-hybridized carbons (Fsp3) is 0.250. The standard InChI is InChI=1S/C24H23N5O3S/c1-32-19-9-5-6-16(12-19)10-11-25-21(30)13-18-15-33-24-27-22-20(23(31)28(18)24)14-26-29(22)17-7-3-2-4-8-17/h2-9,12,14,18H,10-11,13,15H2,1H3,(H,25,30). The molecule has 1 amide bonds. The molecule has 168 valence electrons. The highest BCUT2D eigenvalue weighted by Gasteiger charge is 2.29. The van der Waals surface area contributed by atoms with E-state index in [1.165, 1.54) is 11.8 Å². The van der Waals surface area contributed by atoms with Gasteiger partial charge in [-0.2, -0.15) is 5.10 Å². The average molecular weight is 462 g/mol. The van der Waals surface area contributed by atoms with Crippen LogP contribution in [0.25, 0.3) is 16.7 Å². The molecule has 5 rings (SSSR count). The van der Waals surface area contributed by atoms with Gasteiger partial charge in [0.15, 0.2) is 10.8 Å². The fourth-order valence-corrected chi connectivity index (χ4v) is 5.13. The third-order valence-corrected chi connectivity index (χ3v) is 6.76. The van der Waals surface area contributed by atoms with Crippen molar-refractivity contribution in [2.45, 2.75) is 24.0 Å². The minimum Gasteiger partial charge on any atom is -0.497 e. The Hall–Kier alpha value is -3.59. The highest BCUT2D eigenvalue weighted by atomic mass is 32.2. The number of thioether (sulfide) groups is 1. The summed E-state index contributed by atoms with van der Waals surface area (Å²) in [6.07, 6.45) is 2.50. The Morgan fingerprint density at radius 3 is 2.88 bits per heavy atom. The Morgan fingerprint density at radius 2 is 2.06 bits per heavy atom. The molecular formula is C24H23N5O3S. The van der Waals surface area contributed by atoms with Crippen molar-refractivity contribution in [1.29, 1.82) is 0 Å². The summed E-state index contributed by atoms with van der Waals surface area (Å²) in [5.41, 5.74) is 2.32. The number of para-hydroxylation sites is 1. The quantitative estimate of drug-likeness (QED) is 0.426. The summed E-state index contributed by atoms with van der Waals surface area (Å²) in [5, 5.41) is 8.42. The maximum absolute atomic E-state index is 13.2. The maximum Gasteiger partial charge on any atom is 0.265 e. The van der Waals surface area contributed by atoms with Gasteiger partial charge in [-0.3, -0.25) is 14.2 Å². The predicted molar refractivity (Wildman–Crippen MR) is 127 cm³/mol. The first-order valence-corrected chi connectivity index (χ1v) is 11.7. The Kier molecular flexibility index (Phi) is 5.87. The van der Waals surface area contributed by atoms with Gasteiger partial charge in [0.25, 0.3) is 5.56 Å². The summed E-state index contributed by atoms with van der Waals surface area (Å²) >= 11 is 1.50. The van der Waals surface area contributed by atoms with Crippen molar-refractivity contribution in [2.75, 3.05) is 19.4 Å². The molecule has 1 aliphatic rings. The predicted octanol–water partition coefficient (Wildman–Crippen LogP) is 2.99. The van der Waals surface area contributed by atoms with Gasteiger partial charge >= 0.3 is 0 Å². The second-order valence-electron chi connectivity index (χ2n) is 7.82. The number of methoxy groups -OCH3 is 1. The number of amides is 1. The van der Waals surface area contributed by atoms with Crippen molar-refractivity contribution in [1.82, 2.24) is 24.6 Å². The highest BCUT2D eigenvalue weighted by Crippen LogP contribution is 2.33.